The molecule has 7 heteroatoms. The lowest BCUT2D eigenvalue weighted by atomic mass is 10.2. The molecule has 0 heterocycles. The Morgan fingerprint density at radius 1 is 1.19 bits per heavy atom. The number of amides is 1. The Hall–Kier alpha value is -2.80. The summed E-state index contributed by atoms with van der Waals surface area (Å²) in [5, 5.41) is 3.90. The van der Waals surface area contributed by atoms with Crippen LogP contribution in [0.5, 0.6) is 17.2 Å². The zero-order valence-corrected chi connectivity index (χ0v) is 15.9. The molecule has 0 bridgehead atoms. The van der Waals surface area contributed by atoms with Gasteiger partial charge in [-0.2, -0.15) is 5.10 Å². The first-order chi connectivity index (χ1) is 12.6. The van der Waals surface area contributed by atoms with Crippen molar-refractivity contribution in [3.8, 4) is 17.2 Å². The molecule has 0 fully saturated rings. The van der Waals surface area contributed by atoms with Crippen LogP contribution in [0, 0.1) is 0 Å². The first-order valence-corrected chi connectivity index (χ1v) is 8.53. The van der Waals surface area contributed by atoms with Crippen molar-refractivity contribution in [1.29, 1.82) is 0 Å². The molecule has 2 aromatic carbocycles. The minimum atomic E-state index is -0.378. The number of carbonyl (C=O) groups excluding carboxylic acids is 1. The van der Waals surface area contributed by atoms with Crippen LogP contribution in [0.25, 0.3) is 0 Å². The van der Waals surface area contributed by atoms with Crippen LogP contribution in [0.2, 0.25) is 0 Å². The number of carbonyl (C=O) groups is 1. The third-order valence-electron chi connectivity index (χ3n) is 3.14. The van der Waals surface area contributed by atoms with Gasteiger partial charge < -0.3 is 14.2 Å². The van der Waals surface area contributed by atoms with E-state index in [0.29, 0.717) is 18.1 Å². The third-order valence-corrected chi connectivity index (χ3v) is 3.63. The summed E-state index contributed by atoms with van der Waals surface area (Å²) in [6.45, 7) is 3.87. The van der Waals surface area contributed by atoms with Crippen molar-refractivity contribution in [2.24, 2.45) is 5.10 Å². The van der Waals surface area contributed by atoms with E-state index < -0.39 is 0 Å². The molecule has 1 amide bonds. The minimum absolute atomic E-state index is 0.177. The van der Waals surface area contributed by atoms with Gasteiger partial charge in [-0.1, -0.05) is 28.6 Å². The summed E-state index contributed by atoms with van der Waals surface area (Å²) in [6.07, 6.45) is 3.21. The molecular weight excluding hydrogens is 400 g/mol. The van der Waals surface area contributed by atoms with Crippen LogP contribution in [0.3, 0.4) is 0 Å². The van der Waals surface area contributed by atoms with Gasteiger partial charge in [0.2, 0.25) is 0 Å². The smallest absolute Gasteiger partial charge is 0.277 e. The van der Waals surface area contributed by atoms with Crippen LogP contribution < -0.4 is 19.6 Å². The maximum absolute atomic E-state index is 11.8. The number of hydrogen-bond donors (Lipinski definition) is 1. The van der Waals surface area contributed by atoms with Gasteiger partial charge in [-0.15, -0.1) is 0 Å². The van der Waals surface area contributed by atoms with E-state index in [2.05, 4.69) is 33.0 Å². The van der Waals surface area contributed by atoms with Crippen LogP contribution in [0.1, 0.15) is 5.56 Å². The van der Waals surface area contributed by atoms with Crippen LogP contribution in [-0.2, 0) is 4.79 Å². The molecule has 1 N–H and O–H groups in total. The fourth-order valence-corrected chi connectivity index (χ4v) is 2.26. The molecule has 136 valence electrons. The average Bonchev–Trinajstić information content (AvgIpc) is 2.66. The molecule has 26 heavy (non-hydrogen) atoms. The number of ether oxygens (including phenoxy) is 3. The van der Waals surface area contributed by atoms with Crippen LogP contribution >= 0.6 is 15.9 Å². The Morgan fingerprint density at radius 2 is 1.96 bits per heavy atom. The Balaban J connectivity index is 1.81. The fraction of sp³-hybridized carbons (Fsp3) is 0.158. The molecule has 0 spiro atoms. The Kier molecular flexibility index (Phi) is 7.70. The molecule has 2 rings (SSSR count). The van der Waals surface area contributed by atoms with E-state index in [9.17, 15) is 4.79 Å². The largest absolute Gasteiger partial charge is 0.493 e. The summed E-state index contributed by atoms with van der Waals surface area (Å²) >= 11 is 3.34. The van der Waals surface area contributed by atoms with Crippen molar-refractivity contribution >= 4 is 28.1 Å². The highest BCUT2D eigenvalue weighted by molar-refractivity contribution is 9.10. The number of nitrogens with one attached hydrogen (secondary N) is 1. The van der Waals surface area contributed by atoms with E-state index >= 15 is 0 Å². The second-order valence-corrected chi connectivity index (χ2v) is 5.96. The Labute approximate surface area is 160 Å². The minimum Gasteiger partial charge on any atom is -0.493 e. The topological polar surface area (TPSA) is 69.2 Å². The van der Waals surface area contributed by atoms with Gasteiger partial charge in [-0.25, -0.2) is 5.43 Å². The first-order valence-electron chi connectivity index (χ1n) is 7.74. The molecule has 0 aliphatic rings. The lowest BCUT2D eigenvalue weighted by Gasteiger charge is -2.10. The van der Waals surface area contributed by atoms with Crippen LogP contribution in [-0.4, -0.2) is 32.4 Å². The monoisotopic (exact) mass is 418 g/mol. The summed E-state index contributed by atoms with van der Waals surface area (Å²) in [6, 6.07) is 12.6. The average molecular weight is 419 g/mol. The van der Waals surface area contributed by atoms with Crippen molar-refractivity contribution in [2.75, 3.05) is 20.3 Å². The van der Waals surface area contributed by atoms with Gasteiger partial charge in [0.1, 0.15) is 12.4 Å². The van der Waals surface area contributed by atoms with Gasteiger partial charge in [0.25, 0.3) is 5.91 Å². The highest BCUT2D eigenvalue weighted by atomic mass is 79.9. The second kappa shape index (κ2) is 10.2. The molecule has 0 aromatic heterocycles. The molecule has 0 unspecified atom stereocenters. The third kappa shape index (κ3) is 6.25. The molecule has 6 nitrogen and oxygen atoms in total. The van der Waals surface area contributed by atoms with Gasteiger partial charge >= 0.3 is 0 Å². The van der Waals surface area contributed by atoms with Gasteiger partial charge in [-0.3, -0.25) is 4.79 Å². The zero-order valence-electron chi connectivity index (χ0n) is 14.3. The number of rotatable bonds is 9. The number of nitrogens with zero attached hydrogens (tertiary/aromatic N) is 1. The number of hydrogen-bond acceptors (Lipinski definition) is 5. The van der Waals surface area contributed by atoms with Gasteiger partial charge in [-0.05, 0) is 48.0 Å². The normalized spacial score (nSPS) is 10.4. The van der Waals surface area contributed by atoms with Crippen molar-refractivity contribution in [3.05, 3.63) is 65.2 Å². The Morgan fingerprint density at radius 3 is 2.65 bits per heavy atom. The molecule has 0 atom stereocenters. The molecular formula is C19H19BrN2O4. The Bertz CT molecular complexity index is 776. The van der Waals surface area contributed by atoms with E-state index in [-0.39, 0.29) is 12.5 Å². The van der Waals surface area contributed by atoms with Crippen molar-refractivity contribution in [3.63, 3.8) is 0 Å². The molecule has 0 saturated carbocycles. The van der Waals surface area contributed by atoms with Crippen LogP contribution in [0.15, 0.2) is 64.7 Å². The summed E-state index contributed by atoms with van der Waals surface area (Å²) in [7, 11) is 1.53. The first kappa shape index (κ1) is 19.5. The molecule has 0 aliphatic heterocycles. The lowest BCUT2D eigenvalue weighted by molar-refractivity contribution is -0.123. The zero-order chi connectivity index (χ0) is 18.8. The van der Waals surface area contributed by atoms with Crippen LogP contribution in [0.4, 0.5) is 0 Å². The lowest BCUT2D eigenvalue weighted by Crippen LogP contribution is -2.24. The number of methoxy groups -OCH3 is 1. The van der Waals surface area contributed by atoms with E-state index in [1.165, 1.54) is 13.3 Å². The van der Waals surface area contributed by atoms with E-state index in [0.717, 1.165) is 15.8 Å². The predicted molar refractivity (Wildman–Crippen MR) is 104 cm³/mol. The second-order valence-electron chi connectivity index (χ2n) is 5.05. The number of halogens is 1. The highest BCUT2D eigenvalue weighted by Crippen LogP contribution is 2.29. The maximum atomic E-state index is 11.8. The van der Waals surface area contributed by atoms with E-state index in [4.69, 9.17) is 14.2 Å². The molecule has 2 aromatic rings. The molecule has 0 aliphatic carbocycles. The maximum Gasteiger partial charge on any atom is 0.277 e. The number of hydrazone groups is 1. The highest BCUT2D eigenvalue weighted by Gasteiger charge is 2.07. The van der Waals surface area contributed by atoms with Gasteiger partial charge in [0.15, 0.2) is 18.1 Å². The number of benzene rings is 2. The summed E-state index contributed by atoms with van der Waals surface area (Å²) in [5.41, 5.74) is 3.24. The summed E-state index contributed by atoms with van der Waals surface area (Å²) in [4.78, 5) is 11.8. The fourth-order valence-electron chi connectivity index (χ4n) is 1.92. The predicted octanol–water partition coefficient (Wildman–Crippen LogP) is 3.55. The molecule has 0 saturated heterocycles. The standard InChI is InChI=1S/C19H19BrN2O4/c1-3-10-25-16-7-4-14(5-8-16)12-21-22-19(23)13-26-17-9-6-15(20)11-18(17)24-2/h3-9,11-12H,1,10,13H2,2H3,(H,22,23)/b21-12+. The SMILES string of the molecule is C=CCOc1ccc(/C=N/NC(=O)COc2ccc(Br)cc2OC)cc1. The summed E-state index contributed by atoms with van der Waals surface area (Å²) in [5.74, 6) is 1.37. The van der Waals surface area contributed by atoms with E-state index in [1.54, 1.807) is 24.3 Å². The quantitative estimate of drug-likeness (QED) is 0.384. The van der Waals surface area contributed by atoms with Gasteiger partial charge in [0.05, 0.1) is 13.3 Å². The molecule has 0 radical (unpaired) electrons. The van der Waals surface area contributed by atoms with Crippen molar-refractivity contribution in [2.45, 2.75) is 0 Å². The van der Waals surface area contributed by atoms with Crippen molar-refractivity contribution < 1.29 is 19.0 Å². The van der Waals surface area contributed by atoms with E-state index in [1.807, 2.05) is 24.3 Å². The van der Waals surface area contributed by atoms with Crippen molar-refractivity contribution in [1.82, 2.24) is 5.43 Å². The summed E-state index contributed by atoms with van der Waals surface area (Å²) < 4.78 is 16.9. The van der Waals surface area contributed by atoms with Gasteiger partial charge in [0, 0.05) is 4.47 Å².